The van der Waals surface area contributed by atoms with Crippen molar-refractivity contribution in [3.63, 3.8) is 0 Å². The van der Waals surface area contributed by atoms with Crippen molar-refractivity contribution in [3.05, 3.63) is 20.2 Å². The lowest BCUT2D eigenvalue weighted by molar-refractivity contribution is 0.301. The summed E-state index contributed by atoms with van der Waals surface area (Å²) in [5.41, 5.74) is 0. The zero-order valence-corrected chi connectivity index (χ0v) is 18.2. The second-order valence-electron chi connectivity index (χ2n) is 5.95. The molecule has 0 spiro atoms. The van der Waals surface area contributed by atoms with Gasteiger partial charge >= 0.3 is 0 Å². The van der Waals surface area contributed by atoms with Crippen LogP contribution < -0.4 is 9.47 Å². The highest BCUT2D eigenvalue weighted by molar-refractivity contribution is 14.1. The van der Waals surface area contributed by atoms with Crippen molar-refractivity contribution in [2.75, 3.05) is 13.7 Å². The minimum absolute atomic E-state index is 0.789. The predicted molar refractivity (Wildman–Crippen MR) is 111 cm³/mol. The van der Waals surface area contributed by atoms with Gasteiger partial charge in [-0.15, -0.1) is 0 Å². The Hall–Kier alpha value is 0.0300. The monoisotopic (exact) mass is 496 g/mol. The number of hydrogen-bond donors (Lipinski definition) is 0. The predicted octanol–water partition coefficient (Wildman–Crippen LogP) is 7.36. The highest BCUT2D eigenvalue weighted by Gasteiger charge is 2.07. The molecular formula is C19H30BrIO2. The van der Waals surface area contributed by atoms with E-state index in [2.05, 4.69) is 45.4 Å². The average molecular weight is 497 g/mol. The summed E-state index contributed by atoms with van der Waals surface area (Å²) in [5.74, 6) is 1.79. The van der Waals surface area contributed by atoms with Crippen molar-refractivity contribution in [2.24, 2.45) is 0 Å². The first-order valence-corrected chi connectivity index (χ1v) is 10.7. The minimum Gasteiger partial charge on any atom is -0.496 e. The fourth-order valence-corrected chi connectivity index (χ4v) is 3.64. The van der Waals surface area contributed by atoms with Crippen LogP contribution in [0.5, 0.6) is 11.5 Å². The SMILES string of the molecule is CCCCCCCCCCCCOc1cc(I)c(OC)cc1Br. The standard InChI is InChI=1S/C19H30BrIO2/c1-3-4-5-6-7-8-9-10-11-12-13-23-18-15-17(21)19(22-2)14-16(18)20/h14-15H,3-13H2,1-2H3. The molecule has 0 aliphatic carbocycles. The Morgan fingerprint density at radius 2 is 1.43 bits per heavy atom. The molecule has 1 aromatic carbocycles. The van der Waals surface area contributed by atoms with E-state index in [0.29, 0.717) is 0 Å². The number of benzene rings is 1. The van der Waals surface area contributed by atoms with E-state index in [1.165, 1.54) is 57.8 Å². The Kier molecular flexibility index (Phi) is 12.2. The number of rotatable bonds is 13. The van der Waals surface area contributed by atoms with Crippen LogP contribution in [0.15, 0.2) is 16.6 Å². The molecule has 0 amide bonds. The van der Waals surface area contributed by atoms with Gasteiger partial charge in [0.05, 0.1) is 21.8 Å². The van der Waals surface area contributed by atoms with Crippen LogP contribution in [-0.4, -0.2) is 13.7 Å². The molecule has 0 heterocycles. The van der Waals surface area contributed by atoms with E-state index in [1.807, 2.05) is 12.1 Å². The topological polar surface area (TPSA) is 18.5 Å². The molecule has 0 bridgehead atoms. The molecule has 0 saturated heterocycles. The smallest absolute Gasteiger partial charge is 0.134 e. The van der Waals surface area contributed by atoms with Crippen LogP contribution in [-0.2, 0) is 0 Å². The number of ether oxygens (including phenoxy) is 2. The Morgan fingerprint density at radius 1 is 0.870 bits per heavy atom. The van der Waals surface area contributed by atoms with E-state index in [9.17, 15) is 0 Å². The second-order valence-corrected chi connectivity index (χ2v) is 7.96. The second kappa shape index (κ2) is 13.3. The quantitative estimate of drug-likeness (QED) is 0.210. The van der Waals surface area contributed by atoms with Crippen molar-refractivity contribution in [1.82, 2.24) is 0 Å². The summed E-state index contributed by atoms with van der Waals surface area (Å²) in [6, 6.07) is 4.00. The highest BCUT2D eigenvalue weighted by atomic mass is 127. The van der Waals surface area contributed by atoms with E-state index < -0.39 is 0 Å². The van der Waals surface area contributed by atoms with E-state index >= 15 is 0 Å². The van der Waals surface area contributed by atoms with Crippen LogP contribution in [0.2, 0.25) is 0 Å². The molecule has 0 N–H and O–H groups in total. The van der Waals surface area contributed by atoms with Crippen LogP contribution in [0.1, 0.15) is 71.1 Å². The van der Waals surface area contributed by atoms with Crippen LogP contribution in [0.4, 0.5) is 0 Å². The zero-order chi connectivity index (χ0) is 16.9. The largest absolute Gasteiger partial charge is 0.496 e. The first kappa shape index (κ1) is 21.1. The molecule has 2 nitrogen and oxygen atoms in total. The molecule has 0 radical (unpaired) electrons. The Bertz CT molecular complexity index is 438. The molecule has 1 rings (SSSR count). The fourth-order valence-electron chi connectivity index (χ4n) is 2.55. The van der Waals surface area contributed by atoms with Gasteiger partial charge in [0.15, 0.2) is 0 Å². The average Bonchev–Trinajstić information content (AvgIpc) is 2.55. The van der Waals surface area contributed by atoms with Crippen molar-refractivity contribution in [2.45, 2.75) is 71.1 Å². The third-order valence-electron chi connectivity index (χ3n) is 3.96. The summed E-state index contributed by atoms with van der Waals surface area (Å²) in [7, 11) is 1.69. The van der Waals surface area contributed by atoms with Gasteiger partial charge in [-0.2, -0.15) is 0 Å². The summed E-state index contributed by atoms with van der Waals surface area (Å²) in [6.07, 6.45) is 13.5. The lowest BCUT2D eigenvalue weighted by Crippen LogP contribution is -1.99. The lowest BCUT2D eigenvalue weighted by atomic mass is 10.1. The molecule has 0 aromatic heterocycles. The van der Waals surface area contributed by atoms with Crippen molar-refractivity contribution in [1.29, 1.82) is 0 Å². The van der Waals surface area contributed by atoms with Gasteiger partial charge in [-0.25, -0.2) is 0 Å². The van der Waals surface area contributed by atoms with Crippen LogP contribution in [0.25, 0.3) is 0 Å². The molecule has 0 fully saturated rings. The van der Waals surface area contributed by atoms with Crippen molar-refractivity contribution >= 4 is 38.5 Å². The molecule has 0 atom stereocenters. The molecule has 0 saturated carbocycles. The number of hydrogen-bond acceptors (Lipinski definition) is 2. The maximum atomic E-state index is 5.88. The van der Waals surface area contributed by atoms with Gasteiger partial charge in [0.1, 0.15) is 11.5 Å². The summed E-state index contributed by atoms with van der Waals surface area (Å²) in [5, 5.41) is 0. The van der Waals surface area contributed by atoms with Crippen molar-refractivity contribution in [3.8, 4) is 11.5 Å². The first-order valence-electron chi connectivity index (χ1n) is 8.84. The minimum atomic E-state index is 0.789. The van der Waals surface area contributed by atoms with Gasteiger partial charge in [0.25, 0.3) is 0 Å². The summed E-state index contributed by atoms with van der Waals surface area (Å²) < 4.78 is 13.2. The zero-order valence-electron chi connectivity index (χ0n) is 14.5. The number of methoxy groups -OCH3 is 1. The molecule has 0 aliphatic rings. The Labute approximate surface area is 164 Å². The Balaban J connectivity index is 2.06. The van der Waals surface area contributed by atoms with Crippen LogP contribution in [0.3, 0.4) is 0 Å². The molecule has 1 aromatic rings. The van der Waals surface area contributed by atoms with Gasteiger partial charge in [0.2, 0.25) is 0 Å². The van der Waals surface area contributed by atoms with Gasteiger partial charge in [-0.3, -0.25) is 0 Å². The molecular weight excluding hydrogens is 467 g/mol. The fraction of sp³-hybridized carbons (Fsp3) is 0.684. The van der Waals surface area contributed by atoms with Crippen LogP contribution >= 0.6 is 38.5 Å². The van der Waals surface area contributed by atoms with Crippen molar-refractivity contribution < 1.29 is 9.47 Å². The van der Waals surface area contributed by atoms with E-state index in [0.717, 1.165) is 32.6 Å². The normalized spacial score (nSPS) is 10.8. The number of halogens is 2. The maximum Gasteiger partial charge on any atom is 0.134 e. The molecule has 0 unspecified atom stereocenters. The van der Waals surface area contributed by atoms with E-state index in [1.54, 1.807) is 7.11 Å². The molecule has 4 heteroatoms. The molecule has 23 heavy (non-hydrogen) atoms. The third kappa shape index (κ3) is 9.18. The third-order valence-corrected chi connectivity index (χ3v) is 5.42. The highest BCUT2D eigenvalue weighted by Crippen LogP contribution is 2.33. The molecule has 132 valence electrons. The maximum absolute atomic E-state index is 5.88. The summed E-state index contributed by atoms with van der Waals surface area (Å²) >= 11 is 5.82. The van der Waals surface area contributed by atoms with Gasteiger partial charge in [-0.1, -0.05) is 64.7 Å². The van der Waals surface area contributed by atoms with Crippen LogP contribution in [0, 0.1) is 3.57 Å². The lowest BCUT2D eigenvalue weighted by Gasteiger charge is -2.11. The van der Waals surface area contributed by atoms with Gasteiger partial charge in [0, 0.05) is 0 Å². The number of unbranched alkanes of at least 4 members (excludes halogenated alkanes) is 9. The molecule has 0 aliphatic heterocycles. The van der Waals surface area contributed by atoms with E-state index in [-0.39, 0.29) is 0 Å². The van der Waals surface area contributed by atoms with E-state index in [4.69, 9.17) is 9.47 Å². The van der Waals surface area contributed by atoms with Gasteiger partial charge in [-0.05, 0) is 57.1 Å². The first-order chi connectivity index (χ1) is 11.2. The Morgan fingerprint density at radius 3 is 2.00 bits per heavy atom. The summed E-state index contributed by atoms with van der Waals surface area (Å²) in [4.78, 5) is 0. The summed E-state index contributed by atoms with van der Waals surface area (Å²) in [6.45, 7) is 3.06. The van der Waals surface area contributed by atoms with Gasteiger partial charge < -0.3 is 9.47 Å².